The van der Waals surface area contributed by atoms with Gasteiger partial charge in [0.1, 0.15) is 5.75 Å². The largest absolute Gasteiger partial charge is 0.491 e. The van der Waals surface area contributed by atoms with Gasteiger partial charge in [0, 0.05) is 22.8 Å². The van der Waals surface area contributed by atoms with Crippen molar-refractivity contribution in [3.05, 3.63) is 60.2 Å². The normalized spacial score (nSPS) is 10.3. The molecule has 5 nitrogen and oxygen atoms in total. The molecule has 0 aliphatic heterocycles. The molecule has 0 aliphatic rings. The van der Waals surface area contributed by atoms with Crippen LogP contribution in [-0.4, -0.2) is 29.4 Å². The quantitative estimate of drug-likeness (QED) is 0.292. The highest BCUT2D eigenvalue weighted by atomic mass is 32.2. The van der Waals surface area contributed by atoms with Crippen molar-refractivity contribution in [1.29, 1.82) is 0 Å². The number of thiocarbonyl (C=S) groups is 1. The molecule has 1 amide bonds. The maximum atomic E-state index is 12.1. The molecule has 2 aromatic carbocycles. The lowest BCUT2D eigenvalue weighted by molar-refractivity contribution is 0.0943. The lowest BCUT2D eigenvalue weighted by Gasteiger charge is -2.12. The average Bonchev–Trinajstić information content (AvgIpc) is 2.64. The number of hydrogen-bond acceptors (Lipinski definition) is 4. The second-order valence-electron chi connectivity index (χ2n) is 5.69. The third kappa shape index (κ3) is 7.33. The molecule has 0 saturated heterocycles. The number of amides is 1. The average molecular weight is 390 g/mol. The molecule has 3 N–H and O–H groups in total. The van der Waals surface area contributed by atoms with Gasteiger partial charge in [-0.3, -0.25) is 15.6 Å². The lowest BCUT2D eigenvalue weighted by Crippen LogP contribution is -2.47. The van der Waals surface area contributed by atoms with Crippen LogP contribution in [0.25, 0.3) is 0 Å². The molecule has 0 saturated carbocycles. The van der Waals surface area contributed by atoms with Crippen molar-refractivity contribution in [3.63, 3.8) is 0 Å². The fourth-order valence-corrected chi connectivity index (χ4v) is 2.98. The van der Waals surface area contributed by atoms with Crippen LogP contribution in [0.1, 0.15) is 24.2 Å². The summed E-state index contributed by atoms with van der Waals surface area (Å²) in [5.41, 5.74) is 5.81. The first-order valence-electron chi connectivity index (χ1n) is 8.33. The predicted octanol–water partition coefficient (Wildman–Crippen LogP) is 3.38. The van der Waals surface area contributed by atoms with Gasteiger partial charge in [-0.15, -0.1) is 11.8 Å². The summed E-state index contributed by atoms with van der Waals surface area (Å²) in [7, 11) is 0. The summed E-state index contributed by atoms with van der Waals surface area (Å²) in [6, 6.07) is 17.1. The molecule has 0 fully saturated rings. The molecule has 0 aliphatic carbocycles. The van der Waals surface area contributed by atoms with Crippen molar-refractivity contribution < 1.29 is 9.53 Å². The summed E-state index contributed by atoms with van der Waals surface area (Å²) >= 11 is 6.89. The Morgan fingerprint density at radius 3 is 2.42 bits per heavy atom. The Bertz CT molecular complexity index is 706. The molecular weight excluding hydrogens is 366 g/mol. The van der Waals surface area contributed by atoms with E-state index < -0.39 is 0 Å². The van der Waals surface area contributed by atoms with Gasteiger partial charge >= 0.3 is 0 Å². The van der Waals surface area contributed by atoms with Gasteiger partial charge in [0.15, 0.2) is 5.11 Å². The van der Waals surface area contributed by atoms with Gasteiger partial charge in [0.05, 0.1) is 6.10 Å². The zero-order valence-corrected chi connectivity index (χ0v) is 16.5. The molecule has 2 aromatic rings. The molecule has 0 bridgehead atoms. The molecular formula is C19H23N3O2S2. The van der Waals surface area contributed by atoms with Crippen LogP contribution in [0.4, 0.5) is 0 Å². The van der Waals surface area contributed by atoms with E-state index in [4.69, 9.17) is 17.0 Å². The number of rotatable bonds is 7. The van der Waals surface area contributed by atoms with Crippen molar-refractivity contribution in [2.45, 2.75) is 24.8 Å². The molecule has 0 spiro atoms. The Morgan fingerprint density at radius 1 is 1.08 bits per heavy atom. The Morgan fingerprint density at radius 2 is 1.77 bits per heavy atom. The van der Waals surface area contributed by atoms with Crippen LogP contribution < -0.4 is 20.9 Å². The van der Waals surface area contributed by atoms with E-state index in [0.717, 1.165) is 11.5 Å². The van der Waals surface area contributed by atoms with Crippen LogP contribution in [0.3, 0.4) is 0 Å². The van der Waals surface area contributed by atoms with E-state index in [1.165, 1.54) is 4.90 Å². The third-order valence-corrected chi connectivity index (χ3v) is 4.44. The van der Waals surface area contributed by atoms with Crippen LogP contribution in [0.2, 0.25) is 0 Å². The molecule has 0 unspecified atom stereocenters. The second-order valence-corrected chi connectivity index (χ2v) is 7.26. The number of hydrazine groups is 1. The van der Waals surface area contributed by atoms with Crippen LogP contribution in [0.15, 0.2) is 59.5 Å². The van der Waals surface area contributed by atoms with Crippen LogP contribution in [-0.2, 0) is 0 Å². The second kappa shape index (κ2) is 10.7. The fraction of sp³-hybridized carbons (Fsp3) is 0.263. The highest BCUT2D eigenvalue weighted by Gasteiger charge is 2.06. The van der Waals surface area contributed by atoms with Gasteiger partial charge in [-0.25, -0.2) is 0 Å². The molecule has 0 radical (unpaired) electrons. The zero-order chi connectivity index (χ0) is 18.8. The summed E-state index contributed by atoms with van der Waals surface area (Å²) in [4.78, 5) is 13.3. The Hall–Kier alpha value is -2.25. The first-order chi connectivity index (χ1) is 12.5. The summed E-state index contributed by atoms with van der Waals surface area (Å²) < 4.78 is 5.55. The molecule has 0 heterocycles. The van der Waals surface area contributed by atoms with Crippen molar-refractivity contribution in [1.82, 2.24) is 16.2 Å². The fourth-order valence-electron chi connectivity index (χ4n) is 2.04. The molecule has 7 heteroatoms. The molecule has 26 heavy (non-hydrogen) atoms. The van der Waals surface area contributed by atoms with Gasteiger partial charge in [-0.1, -0.05) is 18.2 Å². The Kier molecular flexibility index (Phi) is 8.24. The number of benzene rings is 2. The maximum absolute atomic E-state index is 12.1. The van der Waals surface area contributed by atoms with Gasteiger partial charge in [0.25, 0.3) is 5.91 Å². The van der Waals surface area contributed by atoms with Crippen molar-refractivity contribution >= 4 is 35.0 Å². The Labute approximate surface area is 163 Å². The molecule has 138 valence electrons. The summed E-state index contributed by atoms with van der Waals surface area (Å²) in [5, 5.41) is 3.44. The van der Waals surface area contributed by atoms with E-state index in [-0.39, 0.29) is 12.0 Å². The van der Waals surface area contributed by atoms with E-state index in [1.807, 2.05) is 32.0 Å². The van der Waals surface area contributed by atoms with Crippen molar-refractivity contribution in [2.24, 2.45) is 0 Å². The van der Waals surface area contributed by atoms with Crippen LogP contribution in [0.5, 0.6) is 5.75 Å². The van der Waals surface area contributed by atoms with E-state index >= 15 is 0 Å². The number of hydrogen-bond donors (Lipinski definition) is 3. The zero-order valence-electron chi connectivity index (χ0n) is 14.8. The van der Waals surface area contributed by atoms with Crippen LogP contribution in [0, 0.1) is 0 Å². The number of ether oxygens (including phenoxy) is 1. The lowest BCUT2D eigenvalue weighted by atomic mass is 10.2. The topological polar surface area (TPSA) is 62.4 Å². The number of carbonyl (C=O) groups excluding carboxylic acids is 1. The predicted molar refractivity (Wildman–Crippen MR) is 111 cm³/mol. The van der Waals surface area contributed by atoms with Gasteiger partial charge in [-0.2, -0.15) is 0 Å². The minimum atomic E-state index is -0.260. The first-order valence-corrected chi connectivity index (χ1v) is 9.73. The number of nitrogens with one attached hydrogen (secondary N) is 3. The summed E-state index contributed by atoms with van der Waals surface area (Å²) in [6.07, 6.45) is 0.0971. The van der Waals surface area contributed by atoms with Gasteiger partial charge < -0.3 is 10.1 Å². The van der Waals surface area contributed by atoms with Crippen LogP contribution >= 0.6 is 24.0 Å². The highest BCUT2D eigenvalue weighted by Crippen LogP contribution is 2.15. The highest BCUT2D eigenvalue weighted by molar-refractivity contribution is 7.99. The minimum absolute atomic E-state index is 0.0971. The summed E-state index contributed by atoms with van der Waals surface area (Å²) in [5.74, 6) is 1.35. The van der Waals surface area contributed by atoms with E-state index in [1.54, 1.807) is 36.0 Å². The molecule has 2 rings (SSSR count). The third-order valence-electron chi connectivity index (χ3n) is 3.18. The minimum Gasteiger partial charge on any atom is -0.491 e. The smallest absolute Gasteiger partial charge is 0.269 e. The van der Waals surface area contributed by atoms with E-state index in [9.17, 15) is 4.79 Å². The van der Waals surface area contributed by atoms with E-state index in [0.29, 0.717) is 17.2 Å². The summed E-state index contributed by atoms with van der Waals surface area (Å²) in [6.45, 7) is 4.61. The van der Waals surface area contributed by atoms with Crippen molar-refractivity contribution in [3.8, 4) is 5.75 Å². The SMILES string of the molecule is CC(C)Oc1ccc(C(=O)NNC(=S)NCCSc2ccccc2)cc1. The van der Waals surface area contributed by atoms with Crippen molar-refractivity contribution in [2.75, 3.05) is 12.3 Å². The standard InChI is InChI=1S/C19H23N3O2S2/c1-14(2)24-16-10-8-15(9-11-16)18(23)21-22-19(25)20-12-13-26-17-6-4-3-5-7-17/h3-11,14H,12-13H2,1-2H3,(H,21,23)(H2,20,22,25). The number of thioether (sulfide) groups is 1. The monoisotopic (exact) mass is 389 g/mol. The van der Waals surface area contributed by atoms with Gasteiger partial charge in [-0.05, 0) is 62.5 Å². The Balaban J connectivity index is 1.65. The maximum Gasteiger partial charge on any atom is 0.269 e. The van der Waals surface area contributed by atoms with Gasteiger partial charge in [0.2, 0.25) is 0 Å². The molecule has 0 atom stereocenters. The molecule has 0 aromatic heterocycles. The number of carbonyl (C=O) groups is 1. The first kappa shape index (κ1) is 20.1. The van der Waals surface area contributed by atoms with E-state index in [2.05, 4.69) is 28.3 Å².